The van der Waals surface area contributed by atoms with E-state index in [1.807, 2.05) is 50.2 Å². The van der Waals surface area contributed by atoms with E-state index < -0.39 is 0 Å². The maximum absolute atomic E-state index is 12.3. The first-order valence-corrected chi connectivity index (χ1v) is 7.67. The maximum Gasteiger partial charge on any atom is 0.255 e. The van der Waals surface area contributed by atoms with Crippen molar-refractivity contribution in [3.63, 3.8) is 0 Å². The number of amides is 1. The minimum absolute atomic E-state index is 0.0763. The molecule has 1 amide bonds. The van der Waals surface area contributed by atoms with Crippen molar-refractivity contribution in [2.24, 2.45) is 0 Å². The Morgan fingerprint density at radius 2 is 1.90 bits per heavy atom. The summed E-state index contributed by atoms with van der Waals surface area (Å²) in [6.07, 6.45) is 1.87. The van der Waals surface area contributed by atoms with Crippen molar-refractivity contribution in [1.82, 2.24) is 0 Å². The van der Waals surface area contributed by atoms with E-state index in [1.54, 1.807) is 0 Å². The number of carbonyl (C=O) groups excluding carboxylic acids is 1. The summed E-state index contributed by atoms with van der Waals surface area (Å²) in [5.41, 5.74) is 5.01. The first kappa shape index (κ1) is 15.6. The molecular weight excluding hydrogens is 282 g/mol. The number of halogens is 1. The molecule has 0 aliphatic carbocycles. The molecule has 0 unspecified atom stereocenters. The van der Waals surface area contributed by atoms with Crippen LogP contribution in [-0.4, -0.2) is 11.8 Å². The van der Waals surface area contributed by atoms with E-state index >= 15 is 0 Å². The summed E-state index contributed by atoms with van der Waals surface area (Å²) in [7, 11) is 0. The van der Waals surface area contributed by atoms with Gasteiger partial charge in [-0.2, -0.15) is 0 Å². The van der Waals surface area contributed by atoms with E-state index in [9.17, 15) is 4.79 Å². The second kappa shape index (κ2) is 7.28. The minimum Gasteiger partial charge on any atom is -0.322 e. The highest BCUT2D eigenvalue weighted by Gasteiger charge is 2.07. The molecule has 0 spiro atoms. The Kier molecular flexibility index (Phi) is 5.40. The Morgan fingerprint density at radius 3 is 2.62 bits per heavy atom. The normalized spacial score (nSPS) is 10.4. The van der Waals surface area contributed by atoms with Crippen LogP contribution in [0.5, 0.6) is 0 Å². The van der Waals surface area contributed by atoms with Crippen LogP contribution in [0.15, 0.2) is 42.5 Å². The molecule has 0 saturated heterocycles. The van der Waals surface area contributed by atoms with Gasteiger partial charge < -0.3 is 5.32 Å². The van der Waals surface area contributed by atoms with Crippen molar-refractivity contribution in [3.05, 3.63) is 64.7 Å². The summed E-state index contributed by atoms with van der Waals surface area (Å²) >= 11 is 5.71. The van der Waals surface area contributed by atoms with Crippen LogP contribution in [-0.2, 0) is 6.42 Å². The summed E-state index contributed by atoms with van der Waals surface area (Å²) in [4.78, 5) is 12.3. The van der Waals surface area contributed by atoms with Gasteiger partial charge in [0.15, 0.2) is 0 Å². The van der Waals surface area contributed by atoms with Gasteiger partial charge >= 0.3 is 0 Å². The van der Waals surface area contributed by atoms with Crippen LogP contribution in [0.25, 0.3) is 0 Å². The predicted octanol–water partition coefficient (Wildman–Crippen LogP) is 4.73. The number of nitrogens with one attached hydrogen (secondary N) is 1. The van der Waals surface area contributed by atoms with E-state index in [4.69, 9.17) is 11.6 Å². The fraction of sp³-hybridized carbons (Fsp3) is 0.278. The molecule has 2 aromatic carbocycles. The molecule has 2 aromatic rings. The average Bonchev–Trinajstić information content (AvgIpc) is 2.48. The summed E-state index contributed by atoms with van der Waals surface area (Å²) in [6, 6.07) is 13.7. The smallest absolute Gasteiger partial charge is 0.255 e. The second-order valence-electron chi connectivity index (χ2n) is 5.25. The van der Waals surface area contributed by atoms with Crippen LogP contribution in [0.3, 0.4) is 0 Å². The van der Waals surface area contributed by atoms with Gasteiger partial charge in [-0.05, 0) is 67.6 Å². The summed E-state index contributed by atoms with van der Waals surface area (Å²) in [5.74, 6) is 0.576. The molecule has 21 heavy (non-hydrogen) atoms. The molecule has 0 bridgehead atoms. The quantitative estimate of drug-likeness (QED) is 0.795. The number of benzene rings is 2. The Balaban J connectivity index is 2.10. The maximum atomic E-state index is 12.3. The molecule has 1 N–H and O–H groups in total. The van der Waals surface area contributed by atoms with E-state index in [1.165, 1.54) is 11.1 Å². The third kappa shape index (κ3) is 4.33. The third-order valence-corrected chi connectivity index (χ3v) is 3.82. The number of hydrogen-bond acceptors (Lipinski definition) is 1. The first-order valence-electron chi connectivity index (χ1n) is 7.13. The first-order chi connectivity index (χ1) is 10.1. The molecule has 2 rings (SSSR count). The molecule has 0 aliphatic heterocycles. The molecule has 0 fully saturated rings. The van der Waals surface area contributed by atoms with Gasteiger partial charge in [-0.25, -0.2) is 0 Å². The van der Waals surface area contributed by atoms with Crippen molar-refractivity contribution in [2.45, 2.75) is 26.7 Å². The number of carbonyl (C=O) groups is 1. The fourth-order valence-corrected chi connectivity index (χ4v) is 2.30. The Bertz CT molecular complexity index is 637. The zero-order chi connectivity index (χ0) is 15.2. The molecule has 2 nitrogen and oxygen atoms in total. The van der Waals surface area contributed by atoms with Gasteiger partial charge in [-0.15, -0.1) is 11.6 Å². The zero-order valence-corrected chi connectivity index (χ0v) is 13.2. The molecular formula is C18H20ClNO. The summed E-state index contributed by atoms with van der Waals surface area (Å²) in [6.45, 7) is 4.05. The van der Waals surface area contributed by atoms with Crippen molar-refractivity contribution in [1.29, 1.82) is 0 Å². The van der Waals surface area contributed by atoms with Crippen LogP contribution in [0.2, 0.25) is 0 Å². The highest BCUT2D eigenvalue weighted by atomic mass is 35.5. The lowest BCUT2D eigenvalue weighted by molar-refractivity contribution is 0.102. The van der Waals surface area contributed by atoms with E-state index in [0.717, 1.165) is 24.1 Å². The monoisotopic (exact) mass is 301 g/mol. The molecule has 0 saturated carbocycles. The lowest BCUT2D eigenvalue weighted by Crippen LogP contribution is -2.12. The minimum atomic E-state index is -0.0763. The van der Waals surface area contributed by atoms with Crippen molar-refractivity contribution < 1.29 is 4.79 Å². The summed E-state index contributed by atoms with van der Waals surface area (Å²) < 4.78 is 0. The van der Waals surface area contributed by atoms with Crippen LogP contribution >= 0.6 is 11.6 Å². The third-order valence-electron chi connectivity index (χ3n) is 3.55. The van der Waals surface area contributed by atoms with Gasteiger partial charge in [0, 0.05) is 17.1 Å². The zero-order valence-electron chi connectivity index (χ0n) is 12.4. The van der Waals surface area contributed by atoms with Crippen LogP contribution in [0.4, 0.5) is 5.69 Å². The lowest BCUT2D eigenvalue weighted by atomic mass is 10.1. The molecule has 0 atom stereocenters. The molecule has 110 valence electrons. The molecule has 3 heteroatoms. The summed E-state index contributed by atoms with van der Waals surface area (Å²) in [5, 5.41) is 2.95. The van der Waals surface area contributed by atoms with Crippen molar-refractivity contribution in [2.75, 3.05) is 11.2 Å². The standard InChI is InChI=1S/C18H20ClNO/c1-13-8-9-16(11-14(13)2)18(21)20-17-7-3-5-15(12-17)6-4-10-19/h3,5,7-9,11-12H,4,6,10H2,1-2H3,(H,20,21). The van der Waals surface area contributed by atoms with Gasteiger partial charge in [0.05, 0.1) is 0 Å². The average molecular weight is 302 g/mol. The van der Waals surface area contributed by atoms with Crippen molar-refractivity contribution >= 4 is 23.2 Å². The van der Waals surface area contributed by atoms with Gasteiger partial charge in [0.1, 0.15) is 0 Å². The molecule has 0 aromatic heterocycles. The molecule has 0 heterocycles. The Labute approximate surface area is 131 Å². The van der Waals surface area contributed by atoms with E-state index in [-0.39, 0.29) is 5.91 Å². The van der Waals surface area contributed by atoms with Crippen LogP contribution in [0, 0.1) is 13.8 Å². The number of alkyl halides is 1. The van der Waals surface area contributed by atoms with Crippen molar-refractivity contribution in [3.8, 4) is 0 Å². The predicted molar refractivity (Wildman–Crippen MR) is 89.4 cm³/mol. The largest absolute Gasteiger partial charge is 0.322 e. The highest BCUT2D eigenvalue weighted by Crippen LogP contribution is 2.15. The topological polar surface area (TPSA) is 29.1 Å². The number of rotatable bonds is 5. The Morgan fingerprint density at radius 1 is 1.10 bits per heavy atom. The second-order valence-corrected chi connectivity index (χ2v) is 5.62. The highest BCUT2D eigenvalue weighted by molar-refractivity contribution is 6.17. The number of anilines is 1. The SMILES string of the molecule is Cc1ccc(C(=O)Nc2cccc(CCCCl)c2)cc1C. The molecule has 0 aliphatic rings. The van der Waals surface area contributed by atoms with Crippen LogP contribution in [0.1, 0.15) is 33.5 Å². The van der Waals surface area contributed by atoms with E-state index in [0.29, 0.717) is 11.4 Å². The number of aryl methyl sites for hydroxylation is 3. The van der Waals surface area contributed by atoms with Gasteiger partial charge in [0.2, 0.25) is 0 Å². The fourth-order valence-electron chi connectivity index (χ4n) is 2.16. The number of hydrogen-bond donors (Lipinski definition) is 1. The van der Waals surface area contributed by atoms with Gasteiger partial charge in [-0.1, -0.05) is 18.2 Å². The Hall–Kier alpha value is -1.80. The van der Waals surface area contributed by atoms with Gasteiger partial charge in [-0.3, -0.25) is 4.79 Å². The van der Waals surface area contributed by atoms with E-state index in [2.05, 4.69) is 11.4 Å². The van der Waals surface area contributed by atoms with Gasteiger partial charge in [0.25, 0.3) is 5.91 Å². The molecule has 0 radical (unpaired) electrons. The lowest BCUT2D eigenvalue weighted by Gasteiger charge is -2.09. The van der Waals surface area contributed by atoms with Crippen LogP contribution < -0.4 is 5.32 Å².